The van der Waals surface area contributed by atoms with Gasteiger partial charge in [0.1, 0.15) is 34.9 Å². The summed E-state index contributed by atoms with van der Waals surface area (Å²) in [4.78, 5) is 12.5. The van der Waals surface area contributed by atoms with Crippen molar-refractivity contribution in [2.75, 3.05) is 11.1 Å². The second-order valence-electron chi connectivity index (χ2n) is 6.53. The van der Waals surface area contributed by atoms with Gasteiger partial charge in [0, 0.05) is 11.1 Å². The molecule has 0 unspecified atom stereocenters. The van der Waals surface area contributed by atoms with E-state index in [2.05, 4.69) is 20.3 Å². The van der Waals surface area contributed by atoms with Crippen LogP contribution in [0.4, 0.5) is 20.5 Å². The molecule has 150 valence electrons. The highest BCUT2D eigenvalue weighted by molar-refractivity contribution is 6.31. The summed E-state index contributed by atoms with van der Waals surface area (Å²) in [6.45, 7) is 1.77. The Hall–Kier alpha value is -3.77. The van der Waals surface area contributed by atoms with Gasteiger partial charge in [-0.1, -0.05) is 11.6 Å². The van der Waals surface area contributed by atoms with Crippen LogP contribution in [0.3, 0.4) is 0 Å². The number of nitrogen functional groups attached to an aromatic ring is 1. The first-order chi connectivity index (χ1) is 14.4. The minimum Gasteiger partial charge on any atom is -0.368 e. The molecule has 10 heteroatoms. The Morgan fingerprint density at radius 1 is 1.17 bits per heavy atom. The van der Waals surface area contributed by atoms with Gasteiger partial charge in [0.05, 0.1) is 29.0 Å². The molecule has 3 N–H and O–H groups in total. The molecule has 2 aromatic heterocycles. The quantitative estimate of drug-likeness (QED) is 0.502. The van der Waals surface area contributed by atoms with Gasteiger partial charge in [-0.2, -0.15) is 10.2 Å². The van der Waals surface area contributed by atoms with Crippen LogP contribution in [0.5, 0.6) is 0 Å². The third kappa shape index (κ3) is 3.60. The molecular formula is C20H14ClF2N7. The summed E-state index contributed by atoms with van der Waals surface area (Å²) in [6.07, 6.45) is 1.31. The molecule has 4 aromatic rings. The molecule has 0 aliphatic heterocycles. The van der Waals surface area contributed by atoms with Crippen molar-refractivity contribution in [1.29, 1.82) is 5.26 Å². The number of benzene rings is 2. The summed E-state index contributed by atoms with van der Waals surface area (Å²) in [5, 5.41) is 12.8. The molecule has 2 heterocycles. The van der Waals surface area contributed by atoms with Crippen molar-refractivity contribution in [1.82, 2.24) is 19.5 Å². The number of nitrogens with zero attached hydrogens (tertiary/aromatic N) is 5. The highest BCUT2D eigenvalue weighted by atomic mass is 35.5. The Kier molecular flexibility index (Phi) is 4.93. The third-order valence-electron chi connectivity index (χ3n) is 4.42. The Balaban J connectivity index is 1.88. The zero-order valence-electron chi connectivity index (χ0n) is 15.6. The summed E-state index contributed by atoms with van der Waals surface area (Å²) >= 11 is 6.14. The fourth-order valence-electron chi connectivity index (χ4n) is 3.15. The number of nitrogens with one attached hydrogen (secondary N) is 1. The van der Waals surface area contributed by atoms with E-state index in [4.69, 9.17) is 17.3 Å². The molecule has 30 heavy (non-hydrogen) atoms. The molecule has 0 bridgehead atoms. The van der Waals surface area contributed by atoms with Gasteiger partial charge in [-0.25, -0.2) is 18.7 Å². The number of fused-ring (bicyclic) bond motifs is 1. The minimum atomic E-state index is -0.726. The molecule has 0 saturated carbocycles. The number of nitrogens with two attached hydrogens (primary N) is 1. The normalized spacial score (nSPS) is 12.0. The van der Waals surface area contributed by atoms with Crippen LogP contribution in [0.1, 0.15) is 24.4 Å². The number of rotatable bonds is 4. The van der Waals surface area contributed by atoms with E-state index in [1.54, 1.807) is 29.7 Å². The van der Waals surface area contributed by atoms with Gasteiger partial charge in [-0.3, -0.25) is 4.57 Å². The molecule has 4 rings (SSSR count). The van der Waals surface area contributed by atoms with Gasteiger partial charge in [-0.15, -0.1) is 0 Å². The van der Waals surface area contributed by atoms with Gasteiger partial charge in [0.2, 0.25) is 5.95 Å². The van der Waals surface area contributed by atoms with E-state index in [1.165, 1.54) is 18.3 Å². The number of nitriles is 1. The first kappa shape index (κ1) is 19.5. The van der Waals surface area contributed by atoms with Crippen molar-refractivity contribution >= 4 is 34.4 Å². The summed E-state index contributed by atoms with van der Waals surface area (Å²) in [7, 11) is 0. The molecule has 0 fully saturated rings. The largest absolute Gasteiger partial charge is 0.368 e. The van der Waals surface area contributed by atoms with Crippen molar-refractivity contribution < 1.29 is 8.78 Å². The summed E-state index contributed by atoms with van der Waals surface area (Å²) in [5.74, 6) is -0.805. The average Bonchev–Trinajstić information content (AvgIpc) is 3.06. The van der Waals surface area contributed by atoms with E-state index in [0.717, 1.165) is 6.07 Å². The fraction of sp³-hybridized carbons (Fsp3) is 0.100. The highest BCUT2D eigenvalue weighted by Gasteiger charge is 2.21. The number of halogens is 3. The predicted molar refractivity (Wildman–Crippen MR) is 109 cm³/mol. The zero-order chi connectivity index (χ0) is 21.4. The van der Waals surface area contributed by atoms with Crippen LogP contribution >= 0.6 is 11.6 Å². The molecular weight excluding hydrogens is 412 g/mol. The average molecular weight is 426 g/mol. The van der Waals surface area contributed by atoms with E-state index >= 15 is 0 Å². The van der Waals surface area contributed by atoms with E-state index in [1.807, 2.05) is 6.07 Å². The third-order valence-corrected chi connectivity index (χ3v) is 4.65. The lowest BCUT2D eigenvalue weighted by Crippen LogP contribution is -2.15. The molecule has 0 saturated heterocycles. The number of hydrogen-bond donors (Lipinski definition) is 2. The van der Waals surface area contributed by atoms with Crippen molar-refractivity contribution in [3.8, 4) is 11.8 Å². The number of hydrogen-bond acceptors (Lipinski definition) is 6. The van der Waals surface area contributed by atoms with E-state index in [9.17, 15) is 14.0 Å². The maximum atomic E-state index is 13.9. The molecule has 0 aliphatic rings. The van der Waals surface area contributed by atoms with Crippen molar-refractivity contribution in [2.45, 2.75) is 13.0 Å². The van der Waals surface area contributed by atoms with E-state index < -0.39 is 17.7 Å². The van der Waals surface area contributed by atoms with Crippen LogP contribution in [-0.2, 0) is 0 Å². The Bertz CT molecular complexity index is 1290. The lowest BCUT2D eigenvalue weighted by atomic mass is 10.2. The van der Waals surface area contributed by atoms with Crippen LogP contribution in [0.15, 0.2) is 42.6 Å². The summed E-state index contributed by atoms with van der Waals surface area (Å²) in [6, 6.07) is 9.70. The highest BCUT2D eigenvalue weighted by Crippen LogP contribution is 2.30. The van der Waals surface area contributed by atoms with E-state index in [0.29, 0.717) is 21.9 Å². The van der Waals surface area contributed by atoms with Crippen LogP contribution < -0.4 is 11.1 Å². The van der Waals surface area contributed by atoms with Crippen LogP contribution in [-0.4, -0.2) is 19.5 Å². The molecule has 0 amide bonds. The van der Waals surface area contributed by atoms with Gasteiger partial charge in [-0.05, 0) is 37.3 Å². The first-order valence-electron chi connectivity index (χ1n) is 8.79. The van der Waals surface area contributed by atoms with Gasteiger partial charge in [0.15, 0.2) is 0 Å². The second kappa shape index (κ2) is 7.57. The Morgan fingerprint density at radius 2 is 1.90 bits per heavy atom. The fourth-order valence-corrected chi connectivity index (χ4v) is 3.32. The van der Waals surface area contributed by atoms with Crippen molar-refractivity contribution in [3.63, 3.8) is 0 Å². The topological polar surface area (TPSA) is 105 Å². The van der Waals surface area contributed by atoms with Crippen LogP contribution in [0.2, 0.25) is 5.02 Å². The molecule has 0 aliphatic carbocycles. The Labute approximate surface area is 174 Å². The molecule has 2 aromatic carbocycles. The standard InChI is InChI=1S/C20H14ClF2N7/c1-10(27-18-11(8-24)9-26-20(25)29-18)19-28-16-3-2-12(21)4-17(16)30(19)15-6-13(22)5-14(23)7-15/h2-7,9-10H,1H3,(H3,25,26,27,29)/t10-/m0/s1. The molecule has 7 nitrogen and oxygen atoms in total. The SMILES string of the molecule is C[C@H](Nc1nc(N)ncc1C#N)c1nc2ccc(Cl)cc2n1-c1cc(F)cc(F)c1. The van der Waals surface area contributed by atoms with Crippen molar-refractivity contribution in [2.24, 2.45) is 0 Å². The Morgan fingerprint density at radius 3 is 2.60 bits per heavy atom. The van der Waals surface area contributed by atoms with Gasteiger partial charge >= 0.3 is 0 Å². The number of aromatic nitrogens is 4. The molecule has 0 spiro atoms. The monoisotopic (exact) mass is 425 g/mol. The predicted octanol–water partition coefficient (Wildman–Crippen LogP) is 4.37. The van der Waals surface area contributed by atoms with Crippen LogP contribution in [0, 0.1) is 23.0 Å². The molecule has 0 radical (unpaired) electrons. The van der Waals surface area contributed by atoms with Crippen LogP contribution in [0.25, 0.3) is 16.7 Å². The summed E-state index contributed by atoms with van der Waals surface area (Å²) < 4.78 is 29.5. The minimum absolute atomic E-state index is 0.00353. The number of anilines is 2. The second-order valence-corrected chi connectivity index (χ2v) is 6.97. The van der Waals surface area contributed by atoms with E-state index in [-0.39, 0.29) is 23.0 Å². The van der Waals surface area contributed by atoms with Crippen molar-refractivity contribution in [3.05, 3.63) is 70.6 Å². The summed E-state index contributed by atoms with van der Waals surface area (Å²) in [5.41, 5.74) is 7.22. The smallest absolute Gasteiger partial charge is 0.222 e. The lowest BCUT2D eigenvalue weighted by Gasteiger charge is -2.17. The maximum absolute atomic E-state index is 13.9. The molecule has 1 atom stereocenters. The number of imidazole rings is 1. The zero-order valence-corrected chi connectivity index (χ0v) is 16.3. The lowest BCUT2D eigenvalue weighted by molar-refractivity contribution is 0.581. The maximum Gasteiger partial charge on any atom is 0.222 e. The van der Waals surface area contributed by atoms with Gasteiger partial charge < -0.3 is 11.1 Å². The van der Waals surface area contributed by atoms with Gasteiger partial charge in [0.25, 0.3) is 0 Å². The first-order valence-corrected chi connectivity index (χ1v) is 9.17.